The van der Waals surface area contributed by atoms with Gasteiger partial charge in [-0.2, -0.15) is 0 Å². The Kier molecular flexibility index (Phi) is 12.3. The van der Waals surface area contributed by atoms with E-state index in [1.54, 1.807) is 31.9 Å². The lowest BCUT2D eigenvalue weighted by atomic mass is 9.89. The molecule has 4 atom stereocenters. The number of hydrogen-bond acceptors (Lipinski definition) is 5. The number of likely N-dealkylation sites (N-methyl/N-ethyl adjacent to an activating group) is 1. The number of carbonyl (C=O) groups is 3. The molecule has 1 N–H and O–H groups in total. The van der Waals surface area contributed by atoms with Gasteiger partial charge in [0.05, 0.1) is 18.7 Å². The number of likely N-dealkylation sites (tertiary alicyclic amines) is 1. The van der Waals surface area contributed by atoms with E-state index in [4.69, 9.17) is 4.74 Å². The number of hydrogen-bond donors (Lipinski definition) is 1. The fourth-order valence-electron chi connectivity index (χ4n) is 4.71. The van der Waals surface area contributed by atoms with E-state index < -0.39 is 6.04 Å². The molecule has 7 heteroatoms. The zero-order chi connectivity index (χ0) is 26.2. The van der Waals surface area contributed by atoms with Gasteiger partial charge in [0, 0.05) is 25.2 Å². The first-order valence-corrected chi connectivity index (χ1v) is 13.0. The highest BCUT2D eigenvalue weighted by Gasteiger charge is 2.37. The van der Waals surface area contributed by atoms with Gasteiger partial charge in [0.25, 0.3) is 0 Å². The highest BCUT2D eigenvalue weighted by atomic mass is 16.5. The molecule has 1 heterocycles. The summed E-state index contributed by atoms with van der Waals surface area (Å²) in [6, 6.07) is -0.869. The van der Waals surface area contributed by atoms with Crippen molar-refractivity contribution in [2.75, 3.05) is 20.2 Å². The number of nitrogens with zero attached hydrogens (tertiary/aromatic N) is 2. The van der Waals surface area contributed by atoms with Gasteiger partial charge in [0.1, 0.15) is 6.04 Å². The molecule has 7 nitrogen and oxygen atoms in total. The third-order valence-electron chi connectivity index (χ3n) is 6.99. The lowest BCUT2D eigenvalue weighted by Crippen LogP contribution is -2.59. The van der Waals surface area contributed by atoms with Crippen molar-refractivity contribution in [1.82, 2.24) is 15.1 Å². The summed E-state index contributed by atoms with van der Waals surface area (Å²) in [7, 11) is 1.75. The van der Waals surface area contributed by atoms with E-state index in [2.05, 4.69) is 31.0 Å². The van der Waals surface area contributed by atoms with E-state index in [0.717, 1.165) is 25.8 Å². The predicted molar refractivity (Wildman–Crippen MR) is 137 cm³/mol. The van der Waals surface area contributed by atoms with Crippen LogP contribution in [-0.4, -0.2) is 72.0 Å². The third kappa shape index (κ3) is 8.10. The molecule has 1 rings (SSSR count). The first-order valence-electron chi connectivity index (χ1n) is 13.0. The van der Waals surface area contributed by atoms with Crippen LogP contribution in [0, 0.1) is 17.8 Å². The minimum Gasteiger partial charge on any atom is -0.463 e. The number of esters is 1. The largest absolute Gasteiger partial charge is 0.463 e. The number of rotatable bonds is 11. The topological polar surface area (TPSA) is 79.0 Å². The van der Waals surface area contributed by atoms with Crippen LogP contribution < -0.4 is 5.32 Å². The second-order valence-electron chi connectivity index (χ2n) is 10.6. The average Bonchev–Trinajstić information content (AvgIpc) is 2.78. The van der Waals surface area contributed by atoms with E-state index in [1.165, 1.54) is 0 Å². The highest BCUT2D eigenvalue weighted by molar-refractivity contribution is 5.91. The molecule has 0 aliphatic carbocycles. The van der Waals surface area contributed by atoms with Crippen molar-refractivity contribution in [2.24, 2.45) is 17.8 Å². The van der Waals surface area contributed by atoms with Crippen LogP contribution in [0.5, 0.6) is 0 Å². The normalized spacial score (nSPS) is 21.5. The van der Waals surface area contributed by atoms with Crippen LogP contribution in [0.2, 0.25) is 0 Å². The lowest BCUT2D eigenvalue weighted by Gasteiger charge is -2.42. The molecule has 1 aliphatic rings. The molecule has 0 spiro atoms. The minimum atomic E-state index is -0.632. The molecule has 0 bridgehead atoms. The van der Waals surface area contributed by atoms with Crippen molar-refractivity contribution in [1.29, 1.82) is 0 Å². The van der Waals surface area contributed by atoms with Crippen molar-refractivity contribution in [3.8, 4) is 0 Å². The van der Waals surface area contributed by atoms with Gasteiger partial charge < -0.3 is 15.0 Å². The summed E-state index contributed by atoms with van der Waals surface area (Å²) >= 11 is 0. The molecule has 0 aromatic carbocycles. The summed E-state index contributed by atoms with van der Waals surface area (Å²) in [5.41, 5.74) is 0.477. The SMILES string of the molecule is CCOC(=O)C(C)=C[C@H](C(C)C)N(C)C(=O)[C@@H](NC(=O)[C@@H]1CC[C@H](CC)CN1C(C)C)C(C)C. The summed E-state index contributed by atoms with van der Waals surface area (Å²) < 4.78 is 5.10. The summed E-state index contributed by atoms with van der Waals surface area (Å²) in [6.45, 7) is 19.1. The number of nitrogens with one attached hydrogen (secondary N) is 1. The molecule has 0 aromatic heterocycles. The summed E-state index contributed by atoms with van der Waals surface area (Å²) in [5.74, 6) is 0.0424. The van der Waals surface area contributed by atoms with Crippen LogP contribution in [0.15, 0.2) is 11.6 Å². The van der Waals surface area contributed by atoms with Gasteiger partial charge in [-0.1, -0.05) is 47.1 Å². The van der Waals surface area contributed by atoms with Gasteiger partial charge in [-0.05, 0) is 58.3 Å². The molecule has 0 aromatic rings. The molecule has 2 amide bonds. The zero-order valence-corrected chi connectivity index (χ0v) is 23.2. The molecule has 0 radical (unpaired) electrons. The highest BCUT2D eigenvalue weighted by Crippen LogP contribution is 2.26. The van der Waals surface area contributed by atoms with E-state index in [1.807, 2.05) is 27.7 Å². The van der Waals surface area contributed by atoms with Gasteiger partial charge in [0.15, 0.2) is 0 Å². The third-order valence-corrected chi connectivity index (χ3v) is 6.99. The Bertz CT molecular complexity index is 717. The number of carbonyl (C=O) groups excluding carboxylic acids is 3. The first kappa shape index (κ1) is 30.1. The average molecular weight is 480 g/mol. The van der Waals surface area contributed by atoms with Crippen molar-refractivity contribution < 1.29 is 19.1 Å². The molecule has 34 heavy (non-hydrogen) atoms. The Morgan fingerprint density at radius 1 is 1.06 bits per heavy atom. The second-order valence-corrected chi connectivity index (χ2v) is 10.6. The summed E-state index contributed by atoms with van der Waals surface area (Å²) in [4.78, 5) is 43.1. The van der Waals surface area contributed by atoms with Crippen molar-refractivity contribution >= 4 is 17.8 Å². The maximum absolute atomic E-state index is 13.6. The smallest absolute Gasteiger partial charge is 0.333 e. The quantitative estimate of drug-likeness (QED) is 0.358. The number of piperidine rings is 1. The summed E-state index contributed by atoms with van der Waals surface area (Å²) in [6.07, 6.45) is 4.76. The van der Waals surface area contributed by atoms with E-state index >= 15 is 0 Å². The van der Waals surface area contributed by atoms with E-state index in [-0.39, 0.29) is 47.7 Å². The van der Waals surface area contributed by atoms with Gasteiger partial charge in [-0.25, -0.2) is 4.79 Å². The van der Waals surface area contributed by atoms with E-state index in [9.17, 15) is 14.4 Å². The van der Waals surface area contributed by atoms with Gasteiger partial charge in [-0.3, -0.25) is 14.5 Å². The predicted octanol–water partition coefficient (Wildman–Crippen LogP) is 4.02. The Balaban J connectivity index is 3.07. The van der Waals surface area contributed by atoms with Crippen LogP contribution in [0.1, 0.15) is 81.6 Å². The number of amides is 2. The minimum absolute atomic E-state index is 0.0666. The molecule has 0 unspecified atom stereocenters. The molecular formula is C27H49N3O4. The Hall–Kier alpha value is -1.89. The molecule has 1 saturated heterocycles. The maximum atomic E-state index is 13.6. The standard InChI is InChI=1S/C27H49N3O4/c1-11-21-13-14-22(30(16-21)19(7)8)25(31)28-24(18(5)6)26(32)29(10)23(17(3)4)15-20(9)27(33)34-12-2/h15,17-19,21-24H,11-14,16H2,1-10H3,(H,28,31)/t21-,22-,23+,24-/m0/s1. The van der Waals surface area contributed by atoms with Crippen molar-refractivity contribution in [3.05, 3.63) is 11.6 Å². The molecule has 196 valence electrons. The van der Waals surface area contributed by atoms with Crippen LogP contribution in [-0.2, 0) is 19.1 Å². The Morgan fingerprint density at radius 2 is 1.68 bits per heavy atom. The van der Waals surface area contributed by atoms with Crippen molar-refractivity contribution in [3.63, 3.8) is 0 Å². The van der Waals surface area contributed by atoms with Crippen LogP contribution in [0.3, 0.4) is 0 Å². The molecule has 1 fully saturated rings. The van der Waals surface area contributed by atoms with E-state index in [0.29, 0.717) is 18.1 Å². The van der Waals surface area contributed by atoms with Crippen LogP contribution in [0.25, 0.3) is 0 Å². The van der Waals surface area contributed by atoms with Gasteiger partial charge >= 0.3 is 5.97 Å². The fourth-order valence-corrected chi connectivity index (χ4v) is 4.71. The zero-order valence-electron chi connectivity index (χ0n) is 23.2. The van der Waals surface area contributed by atoms with Crippen LogP contribution in [0.4, 0.5) is 0 Å². The summed E-state index contributed by atoms with van der Waals surface area (Å²) in [5, 5.41) is 3.09. The Labute approximate surface area is 207 Å². The fraction of sp³-hybridized carbons (Fsp3) is 0.815. The molecule has 1 aliphatic heterocycles. The molecular weight excluding hydrogens is 430 g/mol. The monoisotopic (exact) mass is 479 g/mol. The lowest BCUT2D eigenvalue weighted by molar-refractivity contribution is -0.141. The van der Waals surface area contributed by atoms with Gasteiger partial charge in [0.2, 0.25) is 11.8 Å². The van der Waals surface area contributed by atoms with Crippen molar-refractivity contribution in [2.45, 2.75) is 106 Å². The van der Waals surface area contributed by atoms with Crippen LogP contribution >= 0.6 is 0 Å². The van der Waals surface area contributed by atoms with Gasteiger partial charge in [-0.15, -0.1) is 0 Å². The second kappa shape index (κ2) is 13.9. The number of ether oxygens (including phenoxy) is 1. The first-order chi connectivity index (χ1) is 15.8. The maximum Gasteiger partial charge on any atom is 0.333 e. The molecule has 0 saturated carbocycles. The Morgan fingerprint density at radius 3 is 2.15 bits per heavy atom.